The first kappa shape index (κ1) is 33.7. The molecule has 0 spiro atoms. The zero-order valence-corrected chi connectivity index (χ0v) is 27.7. The molecule has 1 N–H and O–H groups in total. The topological polar surface area (TPSA) is 86.8 Å². The molecule has 0 radical (unpaired) electrons. The molecular formula is C36H40ClN3O4S. The van der Waals surface area contributed by atoms with Gasteiger partial charge in [0.25, 0.3) is 10.0 Å². The standard InChI is InChI=1S/C36H40ClN3O4S/c1-5-28(4)38-36(42)34(23-29-13-7-6-8-14-29)39(24-30-15-11-12-27(3)22-30)35(41)25-40(33-17-10-9-16-32(33)37)45(43,44)31-20-18-26(2)19-21-31/h6-22,28,34H,5,23-25H2,1-4H3,(H,38,42)/t28-,34-/m0/s1. The molecule has 4 rings (SSSR count). The van der Waals surface area contributed by atoms with Crippen LogP contribution >= 0.6 is 11.6 Å². The molecular weight excluding hydrogens is 606 g/mol. The molecule has 0 bridgehead atoms. The summed E-state index contributed by atoms with van der Waals surface area (Å²) < 4.78 is 29.3. The van der Waals surface area contributed by atoms with Gasteiger partial charge >= 0.3 is 0 Å². The summed E-state index contributed by atoms with van der Waals surface area (Å²) in [6.07, 6.45) is 0.960. The zero-order valence-electron chi connectivity index (χ0n) is 26.1. The molecule has 7 nitrogen and oxygen atoms in total. The van der Waals surface area contributed by atoms with Gasteiger partial charge in [-0.25, -0.2) is 8.42 Å². The molecule has 2 amide bonds. The Labute approximate surface area is 271 Å². The van der Waals surface area contributed by atoms with Crippen molar-refractivity contribution in [1.29, 1.82) is 0 Å². The molecule has 45 heavy (non-hydrogen) atoms. The third-order valence-electron chi connectivity index (χ3n) is 7.72. The van der Waals surface area contributed by atoms with E-state index < -0.39 is 28.5 Å². The first-order valence-corrected chi connectivity index (χ1v) is 16.8. The molecule has 0 aliphatic rings. The number of rotatable bonds is 13. The maximum absolute atomic E-state index is 14.5. The second-order valence-electron chi connectivity index (χ2n) is 11.3. The summed E-state index contributed by atoms with van der Waals surface area (Å²) in [5.41, 5.74) is 3.77. The number of hydrogen-bond donors (Lipinski definition) is 1. The average molecular weight is 646 g/mol. The molecule has 9 heteroatoms. The van der Waals surface area contributed by atoms with Crippen molar-refractivity contribution in [3.63, 3.8) is 0 Å². The predicted molar refractivity (Wildman–Crippen MR) is 181 cm³/mol. The highest BCUT2D eigenvalue weighted by Gasteiger charge is 2.35. The van der Waals surface area contributed by atoms with Crippen molar-refractivity contribution in [3.8, 4) is 0 Å². The van der Waals surface area contributed by atoms with E-state index in [4.69, 9.17) is 11.6 Å². The SMILES string of the molecule is CC[C@H](C)NC(=O)[C@H](Cc1ccccc1)N(Cc1cccc(C)c1)C(=O)CN(c1ccccc1Cl)S(=O)(=O)c1ccc(C)cc1. The van der Waals surface area contributed by atoms with Gasteiger partial charge in [-0.3, -0.25) is 13.9 Å². The minimum atomic E-state index is -4.23. The summed E-state index contributed by atoms with van der Waals surface area (Å²) in [6.45, 7) is 7.26. The average Bonchev–Trinajstić information content (AvgIpc) is 3.02. The summed E-state index contributed by atoms with van der Waals surface area (Å²) in [6, 6.07) is 29.2. The van der Waals surface area contributed by atoms with Gasteiger partial charge in [0.05, 0.1) is 15.6 Å². The molecule has 0 aliphatic heterocycles. The monoisotopic (exact) mass is 645 g/mol. The van der Waals surface area contributed by atoms with Gasteiger partial charge in [0.2, 0.25) is 11.8 Å². The number of nitrogens with one attached hydrogen (secondary N) is 1. The number of carbonyl (C=O) groups is 2. The van der Waals surface area contributed by atoms with E-state index in [1.807, 2.05) is 82.3 Å². The van der Waals surface area contributed by atoms with Crippen molar-refractivity contribution < 1.29 is 18.0 Å². The van der Waals surface area contributed by atoms with Crippen LogP contribution < -0.4 is 9.62 Å². The fourth-order valence-corrected chi connectivity index (χ4v) is 6.73. The lowest BCUT2D eigenvalue weighted by Gasteiger charge is -2.34. The Kier molecular flexibility index (Phi) is 11.4. The maximum atomic E-state index is 14.5. The van der Waals surface area contributed by atoms with E-state index in [9.17, 15) is 18.0 Å². The summed E-state index contributed by atoms with van der Waals surface area (Å²) in [7, 11) is -4.23. The molecule has 0 heterocycles. The molecule has 0 aliphatic carbocycles. The second kappa shape index (κ2) is 15.2. The fourth-order valence-electron chi connectivity index (χ4n) is 5.01. The number of anilines is 1. The number of amides is 2. The van der Waals surface area contributed by atoms with Crippen LogP contribution in [0.3, 0.4) is 0 Å². The van der Waals surface area contributed by atoms with Gasteiger partial charge in [-0.2, -0.15) is 0 Å². The Morgan fingerprint density at radius 3 is 2.11 bits per heavy atom. The quantitative estimate of drug-likeness (QED) is 0.175. The van der Waals surface area contributed by atoms with E-state index in [1.165, 1.54) is 17.0 Å². The highest BCUT2D eigenvalue weighted by Crippen LogP contribution is 2.31. The van der Waals surface area contributed by atoms with Gasteiger partial charge < -0.3 is 10.2 Å². The predicted octanol–water partition coefficient (Wildman–Crippen LogP) is 6.71. The van der Waals surface area contributed by atoms with Crippen LogP contribution in [0.25, 0.3) is 0 Å². The van der Waals surface area contributed by atoms with Crippen molar-refractivity contribution in [2.75, 3.05) is 10.8 Å². The van der Waals surface area contributed by atoms with Gasteiger partial charge in [-0.1, -0.05) is 109 Å². The Morgan fingerprint density at radius 2 is 1.47 bits per heavy atom. The lowest BCUT2D eigenvalue weighted by Crippen LogP contribution is -2.54. The molecule has 0 fully saturated rings. The van der Waals surface area contributed by atoms with Crippen LogP contribution in [0, 0.1) is 13.8 Å². The summed E-state index contributed by atoms with van der Waals surface area (Å²) in [5, 5.41) is 3.23. The van der Waals surface area contributed by atoms with E-state index in [-0.39, 0.29) is 40.5 Å². The minimum absolute atomic E-state index is 0.0291. The second-order valence-corrected chi connectivity index (χ2v) is 13.6. The molecule has 2 atom stereocenters. The van der Waals surface area contributed by atoms with E-state index in [0.717, 1.165) is 26.6 Å². The van der Waals surface area contributed by atoms with Crippen molar-refractivity contribution in [2.45, 2.75) is 64.1 Å². The van der Waals surface area contributed by atoms with Gasteiger partial charge in [0, 0.05) is 19.0 Å². The van der Waals surface area contributed by atoms with E-state index in [1.54, 1.807) is 36.4 Å². The fraction of sp³-hybridized carbons (Fsp3) is 0.278. The van der Waals surface area contributed by atoms with E-state index in [2.05, 4.69) is 5.32 Å². The third-order valence-corrected chi connectivity index (χ3v) is 9.81. The normalized spacial score (nSPS) is 12.6. The molecule has 0 saturated carbocycles. The first-order chi connectivity index (χ1) is 21.5. The van der Waals surface area contributed by atoms with Crippen molar-refractivity contribution in [1.82, 2.24) is 10.2 Å². The molecule has 4 aromatic rings. The van der Waals surface area contributed by atoms with Crippen LogP contribution in [0.5, 0.6) is 0 Å². The minimum Gasteiger partial charge on any atom is -0.352 e. The number of aryl methyl sites for hydroxylation is 2. The van der Waals surface area contributed by atoms with Gasteiger partial charge in [0.1, 0.15) is 12.6 Å². The number of para-hydroxylation sites is 1. The van der Waals surface area contributed by atoms with Crippen molar-refractivity contribution in [2.24, 2.45) is 0 Å². The van der Waals surface area contributed by atoms with Crippen LogP contribution in [0.1, 0.15) is 42.5 Å². The lowest BCUT2D eigenvalue weighted by molar-refractivity contribution is -0.140. The summed E-state index contributed by atoms with van der Waals surface area (Å²) in [5.74, 6) is -0.841. The van der Waals surface area contributed by atoms with E-state index >= 15 is 0 Å². The Morgan fingerprint density at radius 1 is 0.822 bits per heavy atom. The molecule has 0 aromatic heterocycles. The Balaban J connectivity index is 1.82. The number of nitrogens with zero attached hydrogens (tertiary/aromatic N) is 2. The number of sulfonamides is 1. The first-order valence-electron chi connectivity index (χ1n) is 15.0. The summed E-state index contributed by atoms with van der Waals surface area (Å²) >= 11 is 6.55. The number of carbonyl (C=O) groups excluding carboxylic acids is 2. The van der Waals surface area contributed by atoms with E-state index in [0.29, 0.717) is 6.42 Å². The molecule has 0 unspecified atom stereocenters. The van der Waals surface area contributed by atoms with Crippen LogP contribution in [0.4, 0.5) is 5.69 Å². The number of benzene rings is 4. The van der Waals surface area contributed by atoms with Gasteiger partial charge in [-0.15, -0.1) is 0 Å². The van der Waals surface area contributed by atoms with Crippen LogP contribution in [0.15, 0.2) is 108 Å². The number of halogens is 1. The zero-order chi connectivity index (χ0) is 32.6. The lowest BCUT2D eigenvalue weighted by atomic mass is 10.0. The van der Waals surface area contributed by atoms with Crippen molar-refractivity contribution in [3.05, 3.63) is 130 Å². The Hall–Kier alpha value is -4.14. The highest BCUT2D eigenvalue weighted by atomic mass is 35.5. The van der Waals surface area contributed by atoms with Gasteiger partial charge in [0.15, 0.2) is 0 Å². The third kappa shape index (κ3) is 8.74. The largest absolute Gasteiger partial charge is 0.352 e. The summed E-state index contributed by atoms with van der Waals surface area (Å²) in [4.78, 5) is 30.0. The van der Waals surface area contributed by atoms with Crippen LogP contribution in [-0.2, 0) is 32.6 Å². The van der Waals surface area contributed by atoms with Gasteiger partial charge in [-0.05, 0) is 62.6 Å². The number of hydrogen-bond acceptors (Lipinski definition) is 4. The molecule has 236 valence electrons. The smallest absolute Gasteiger partial charge is 0.264 e. The Bertz CT molecular complexity index is 1710. The molecule has 4 aromatic carbocycles. The van der Waals surface area contributed by atoms with Crippen molar-refractivity contribution >= 4 is 39.1 Å². The van der Waals surface area contributed by atoms with Crippen LogP contribution in [-0.4, -0.2) is 43.8 Å². The maximum Gasteiger partial charge on any atom is 0.264 e. The molecule has 0 saturated heterocycles. The van der Waals surface area contributed by atoms with Crippen LogP contribution in [0.2, 0.25) is 5.02 Å². The highest BCUT2D eigenvalue weighted by molar-refractivity contribution is 7.92.